The van der Waals surface area contributed by atoms with Crippen molar-refractivity contribution < 1.29 is 24.2 Å². The second-order valence-electron chi connectivity index (χ2n) is 4.35. The van der Waals surface area contributed by atoms with Gasteiger partial charge in [-0.1, -0.05) is 0 Å². The van der Waals surface area contributed by atoms with Crippen molar-refractivity contribution in [1.29, 1.82) is 0 Å². The monoisotopic (exact) mass is 396 g/mol. The molecule has 0 saturated heterocycles. The van der Waals surface area contributed by atoms with Gasteiger partial charge in [0.15, 0.2) is 0 Å². The van der Waals surface area contributed by atoms with Crippen LogP contribution in [0.5, 0.6) is 0 Å². The molecule has 0 N–H and O–H groups in total. The molecular formula is C13H10Cl4Zr+2. The van der Waals surface area contributed by atoms with Crippen LogP contribution in [-0.4, -0.2) is 13.0 Å². The molecule has 0 aromatic heterocycles. The van der Waals surface area contributed by atoms with E-state index in [1.54, 1.807) is 0 Å². The van der Waals surface area contributed by atoms with Crippen molar-refractivity contribution in [3.8, 4) is 0 Å². The number of rotatable bonds is 2. The summed E-state index contributed by atoms with van der Waals surface area (Å²) in [6.07, 6.45) is 12.7. The van der Waals surface area contributed by atoms with E-state index in [-0.39, 0.29) is 0 Å². The van der Waals surface area contributed by atoms with E-state index >= 15 is 0 Å². The zero-order valence-electron chi connectivity index (χ0n) is 9.39. The van der Waals surface area contributed by atoms with E-state index in [0.29, 0.717) is 12.8 Å². The molecule has 5 heteroatoms. The molecule has 0 amide bonds. The fourth-order valence-corrected chi connectivity index (χ4v) is 3.76. The van der Waals surface area contributed by atoms with Gasteiger partial charge >= 0.3 is 143 Å². The Morgan fingerprint density at radius 3 is 1.61 bits per heavy atom. The van der Waals surface area contributed by atoms with Gasteiger partial charge in [-0.15, -0.1) is 0 Å². The molecule has 92 valence electrons. The Labute approximate surface area is 142 Å². The van der Waals surface area contributed by atoms with Gasteiger partial charge in [-0.2, -0.15) is 0 Å². The summed E-state index contributed by atoms with van der Waals surface area (Å²) < 4.78 is 1.08. The summed E-state index contributed by atoms with van der Waals surface area (Å²) in [6.45, 7) is 0. The molecule has 0 aromatic carbocycles. The summed E-state index contributed by atoms with van der Waals surface area (Å²) >= 11 is 26.4. The van der Waals surface area contributed by atoms with Crippen molar-refractivity contribution >= 4 is 49.6 Å². The van der Waals surface area contributed by atoms with Crippen molar-refractivity contribution in [2.75, 3.05) is 0 Å². The van der Waals surface area contributed by atoms with Crippen LogP contribution >= 0.6 is 46.4 Å². The average Bonchev–Trinajstić information content (AvgIpc) is 2.36. The van der Waals surface area contributed by atoms with E-state index < -0.39 is 9.75 Å². The van der Waals surface area contributed by atoms with Crippen LogP contribution in [0.3, 0.4) is 0 Å². The van der Waals surface area contributed by atoms with Gasteiger partial charge in [0.25, 0.3) is 0 Å². The Kier molecular flexibility index (Phi) is 4.84. The molecule has 2 aliphatic carbocycles. The summed E-state index contributed by atoms with van der Waals surface area (Å²) in [5.41, 5.74) is 0. The molecule has 0 spiro atoms. The predicted octanol–water partition coefficient (Wildman–Crippen LogP) is 4.83. The number of hydrogen-bond donors (Lipinski definition) is 0. The van der Waals surface area contributed by atoms with Gasteiger partial charge in [-0.3, -0.25) is 0 Å². The fraction of sp³-hybridized carbons (Fsp3) is 0.308. The molecule has 0 nitrogen and oxygen atoms in total. The molecule has 2 rings (SSSR count). The standard InChI is InChI=1S/C13H10Cl4.Zr/c14-10-1-5-12(16,6-2-10)9-13(17)7-3-11(15)4-8-13;/h1-5,7H,6,8H2;/q;+2. The second-order valence-corrected chi connectivity index (χ2v) is 7.80. The van der Waals surface area contributed by atoms with Gasteiger partial charge in [0.2, 0.25) is 0 Å². The molecule has 0 saturated carbocycles. The first-order valence-electron chi connectivity index (χ1n) is 5.43. The van der Waals surface area contributed by atoms with Gasteiger partial charge in [0.05, 0.1) is 0 Å². The van der Waals surface area contributed by atoms with E-state index in [4.69, 9.17) is 46.4 Å². The molecule has 2 aliphatic rings. The Morgan fingerprint density at radius 1 is 0.944 bits per heavy atom. The molecule has 2 atom stereocenters. The Bertz CT molecular complexity index is 459. The van der Waals surface area contributed by atoms with Crippen LogP contribution in [0.2, 0.25) is 0 Å². The minimum atomic E-state index is -0.541. The number of hydrogen-bond acceptors (Lipinski definition) is 0. The van der Waals surface area contributed by atoms with Gasteiger partial charge in [0.1, 0.15) is 0 Å². The van der Waals surface area contributed by atoms with E-state index in [1.165, 1.54) is 24.2 Å². The Balaban J connectivity index is 2.23. The molecular weight excluding hydrogens is 389 g/mol. The molecule has 2 unspecified atom stereocenters. The van der Waals surface area contributed by atoms with E-state index in [2.05, 4.69) is 0 Å². The van der Waals surface area contributed by atoms with Crippen molar-refractivity contribution in [2.45, 2.75) is 22.6 Å². The van der Waals surface area contributed by atoms with Crippen LogP contribution in [0.15, 0.2) is 46.5 Å². The summed E-state index contributed by atoms with van der Waals surface area (Å²) in [4.78, 5) is -1.08. The zero-order valence-corrected chi connectivity index (χ0v) is 14.9. The molecule has 0 heterocycles. The Hall–Kier alpha value is 0.873. The van der Waals surface area contributed by atoms with Crippen LogP contribution in [0.25, 0.3) is 0 Å². The molecule has 0 radical (unpaired) electrons. The first-order valence-corrected chi connectivity index (χ1v) is 8.17. The predicted molar refractivity (Wildman–Crippen MR) is 77.6 cm³/mol. The molecule has 0 aromatic rings. The summed E-state index contributed by atoms with van der Waals surface area (Å²) in [5, 5.41) is 1.45. The summed E-state index contributed by atoms with van der Waals surface area (Å²) in [5.74, 6) is 0. The fourth-order valence-electron chi connectivity index (χ4n) is 1.90. The zero-order chi connectivity index (χ0) is 13.4. The van der Waals surface area contributed by atoms with Crippen LogP contribution < -0.4 is 0 Å². The number of halogens is 4. The maximum absolute atomic E-state index is 6.67. The third-order valence-electron chi connectivity index (χ3n) is 3.03. The third-order valence-corrected chi connectivity index (χ3v) is 7.50. The Morgan fingerprint density at radius 2 is 1.33 bits per heavy atom. The molecule has 0 fully saturated rings. The number of allylic oxidation sites excluding steroid dienone is 8. The maximum atomic E-state index is 6.67. The van der Waals surface area contributed by atoms with Crippen molar-refractivity contribution in [3.63, 3.8) is 0 Å². The van der Waals surface area contributed by atoms with Crippen LogP contribution in [-0.2, 0) is 24.2 Å². The summed E-state index contributed by atoms with van der Waals surface area (Å²) in [6, 6.07) is 0. The molecule has 0 bridgehead atoms. The third kappa shape index (κ3) is 3.13. The van der Waals surface area contributed by atoms with E-state index in [0.717, 1.165) is 13.3 Å². The SMILES string of the molecule is ClC1=CCC(Cl)([C](=[Zr+2])C2(Cl)C=CC(Cl)=CC2)C=C1. The second kappa shape index (κ2) is 5.70. The average molecular weight is 399 g/mol. The van der Waals surface area contributed by atoms with Crippen molar-refractivity contribution in [3.05, 3.63) is 46.5 Å². The van der Waals surface area contributed by atoms with E-state index in [9.17, 15) is 0 Å². The quantitative estimate of drug-likeness (QED) is 0.584. The van der Waals surface area contributed by atoms with Crippen LogP contribution in [0.4, 0.5) is 0 Å². The van der Waals surface area contributed by atoms with Crippen molar-refractivity contribution in [2.24, 2.45) is 0 Å². The first-order chi connectivity index (χ1) is 8.36. The van der Waals surface area contributed by atoms with Gasteiger partial charge in [-0.05, 0) is 0 Å². The molecule has 0 aliphatic heterocycles. The summed E-state index contributed by atoms with van der Waals surface area (Å²) in [7, 11) is 0. The van der Waals surface area contributed by atoms with Gasteiger partial charge < -0.3 is 0 Å². The minimum absolute atomic E-state index is 0.541. The normalized spacial score (nSPS) is 35.2. The molecule has 18 heavy (non-hydrogen) atoms. The van der Waals surface area contributed by atoms with Crippen LogP contribution in [0, 0.1) is 0 Å². The number of alkyl halides is 2. The van der Waals surface area contributed by atoms with Crippen LogP contribution in [0.1, 0.15) is 12.8 Å². The van der Waals surface area contributed by atoms with Crippen molar-refractivity contribution in [1.82, 2.24) is 0 Å². The van der Waals surface area contributed by atoms with Gasteiger partial charge in [-0.25, -0.2) is 0 Å². The topological polar surface area (TPSA) is 0 Å². The van der Waals surface area contributed by atoms with E-state index in [1.807, 2.05) is 36.5 Å². The first kappa shape index (κ1) is 15.3. The van der Waals surface area contributed by atoms with Gasteiger partial charge in [0, 0.05) is 0 Å².